The van der Waals surface area contributed by atoms with E-state index in [2.05, 4.69) is 0 Å². The Balaban J connectivity index is 1.38. The molecule has 0 radical (unpaired) electrons. The quantitative estimate of drug-likeness (QED) is 0.481. The van der Waals surface area contributed by atoms with E-state index in [1.807, 2.05) is 36.1 Å². The molecule has 1 saturated heterocycles. The molecule has 2 fully saturated rings. The highest BCUT2D eigenvalue weighted by Crippen LogP contribution is 2.47. The van der Waals surface area contributed by atoms with Gasteiger partial charge in [-0.2, -0.15) is 13.2 Å². The number of hydrogen-bond donors (Lipinski definition) is 0. The first-order valence-electron chi connectivity index (χ1n) is 11.4. The van der Waals surface area contributed by atoms with Gasteiger partial charge >= 0.3 is 12.1 Å². The molecule has 178 valence electrons. The SMILES string of the molecule is COC(=O)[C@@H](C)[C@H](c1cccc(OC2CN(Cc3cc(C)ccc3C(F)(F)F)C2)c1)C1CC1. The second-order valence-electron chi connectivity index (χ2n) is 9.34. The number of carbonyl (C=O) groups is 1. The lowest BCUT2D eigenvalue weighted by Gasteiger charge is -2.39. The van der Waals surface area contributed by atoms with Crippen LogP contribution in [0.5, 0.6) is 5.75 Å². The van der Waals surface area contributed by atoms with Gasteiger partial charge in [0.2, 0.25) is 0 Å². The third-order valence-electron chi connectivity index (χ3n) is 6.67. The van der Waals surface area contributed by atoms with E-state index in [1.54, 1.807) is 13.0 Å². The number of benzene rings is 2. The van der Waals surface area contributed by atoms with E-state index in [9.17, 15) is 18.0 Å². The van der Waals surface area contributed by atoms with Crippen LogP contribution in [0, 0.1) is 18.8 Å². The average Bonchev–Trinajstić information content (AvgIpc) is 3.56. The van der Waals surface area contributed by atoms with Gasteiger partial charge < -0.3 is 9.47 Å². The fourth-order valence-corrected chi connectivity index (χ4v) is 4.84. The molecule has 0 N–H and O–H groups in total. The van der Waals surface area contributed by atoms with Crippen LogP contribution >= 0.6 is 0 Å². The van der Waals surface area contributed by atoms with Gasteiger partial charge in [-0.25, -0.2) is 0 Å². The number of rotatable bonds is 8. The Labute approximate surface area is 192 Å². The molecule has 0 unspecified atom stereocenters. The Hall–Kier alpha value is -2.54. The highest BCUT2D eigenvalue weighted by Gasteiger charge is 2.39. The molecular formula is C26H30F3NO3. The van der Waals surface area contributed by atoms with Crippen molar-refractivity contribution >= 4 is 5.97 Å². The smallest absolute Gasteiger partial charge is 0.416 e. The summed E-state index contributed by atoms with van der Waals surface area (Å²) >= 11 is 0. The number of aryl methyl sites for hydroxylation is 1. The topological polar surface area (TPSA) is 38.8 Å². The molecule has 4 rings (SSSR count). The molecule has 1 aliphatic carbocycles. The highest BCUT2D eigenvalue weighted by molar-refractivity contribution is 5.73. The van der Waals surface area contributed by atoms with Crippen molar-refractivity contribution in [2.24, 2.45) is 11.8 Å². The monoisotopic (exact) mass is 461 g/mol. The number of likely N-dealkylation sites (tertiary alicyclic amines) is 1. The van der Waals surface area contributed by atoms with Crippen LogP contribution in [0.1, 0.15) is 47.9 Å². The van der Waals surface area contributed by atoms with Crippen LogP contribution < -0.4 is 4.74 Å². The molecule has 0 spiro atoms. The largest absolute Gasteiger partial charge is 0.488 e. The van der Waals surface area contributed by atoms with Crippen LogP contribution in [0.2, 0.25) is 0 Å². The predicted octanol–water partition coefficient (Wildman–Crippen LogP) is 5.58. The first-order valence-corrected chi connectivity index (χ1v) is 11.4. The van der Waals surface area contributed by atoms with Crippen molar-refractivity contribution in [3.05, 3.63) is 64.7 Å². The first-order chi connectivity index (χ1) is 15.7. The minimum atomic E-state index is -4.36. The van der Waals surface area contributed by atoms with Crippen molar-refractivity contribution in [3.8, 4) is 5.75 Å². The number of ether oxygens (including phenoxy) is 2. The molecule has 0 amide bonds. The summed E-state index contributed by atoms with van der Waals surface area (Å²) in [6.07, 6.45) is -2.22. The molecule has 1 saturated carbocycles. The molecule has 0 bridgehead atoms. The number of esters is 1. The minimum Gasteiger partial charge on any atom is -0.488 e. The van der Waals surface area contributed by atoms with Gasteiger partial charge in [0.05, 0.1) is 18.6 Å². The van der Waals surface area contributed by atoms with Crippen LogP contribution in [0.3, 0.4) is 0 Å². The van der Waals surface area contributed by atoms with Crippen molar-refractivity contribution in [2.75, 3.05) is 20.2 Å². The predicted molar refractivity (Wildman–Crippen MR) is 119 cm³/mol. The van der Waals surface area contributed by atoms with Crippen molar-refractivity contribution in [1.82, 2.24) is 4.90 Å². The average molecular weight is 462 g/mol. The number of methoxy groups -OCH3 is 1. The summed E-state index contributed by atoms with van der Waals surface area (Å²) in [6.45, 7) is 5.10. The van der Waals surface area contributed by atoms with E-state index in [0.29, 0.717) is 24.6 Å². The van der Waals surface area contributed by atoms with E-state index < -0.39 is 11.7 Å². The molecule has 4 nitrogen and oxygen atoms in total. The van der Waals surface area contributed by atoms with E-state index in [1.165, 1.54) is 13.2 Å². The lowest BCUT2D eigenvalue weighted by atomic mass is 9.83. The van der Waals surface area contributed by atoms with Crippen molar-refractivity contribution in [1.29, 1.82) is 0 Å². The molecule has 1 heterocycles. The second kappa shape index (κ2) is 9.37. The Kier molecular flexibility index (Phi) is 6.71. The summed E-state index contributed by atoms with van der Waals surface area (Å²) in [7, 11) is 1.42. The molecule has 2 aromatic rings. The summed E-state index contributed by atoms with van der Waals surface area (Å²) in [5, 5.41) is 0. The van der Waals surface area contributed by atoms with Gasteiger partial charge in [0, 0.05) is 19.6 Å². The summed E-state index contributed by atoms with van der Waals surface area (Å²) in [6, 6.07) is 12.1. The van der Waals surface area contributed by atoms with Gasteiger partial charge in [-0.15, -0.1) is 0 Å². The van der Waals surface area contributed by atoms with Crippen molar-refractivity contribution in [3.63, 3.8) is 0 Å². The zero-order valence-electron chi connectivity index (χ0n) is 19.2. The number of carbonyl (C=O) groups excluding carboxylic acids is 1. The van der Waals surface area contributed by atoms with Gasteiger partial charge in [0.25, 0.3) is 0 Å². The minimum absolute atomic E-state index is 0.0724. The molecule has 2 atom stereocenters. The summed E-state index contributed by atoms with van der Waals surface area (Å²) in [5.41, 5.74) is 1.61. The Morgan fingerprint density at radius 3 is 2.52 bits per heavy atom. The van der Waals surface area contributed by atoms with Crippen molar-refractivity contribution in [2.45, 2.75) is 51.4 Å². The van der Waals surface area contributed by atoms with Crippen molar-refractivity contribution < 1.29 is 27.4 Å². The summed E-state index contributed by atoms with van der Waals surface area (Å²) in [5.74, 6) is 0.870. The van der Waals surface area contributed by atoms with Gasteiger partial charge in [-0.05, 0) is 60.9 Å². The lowest BCUT2D eigenvalue weighted by molar-refractivity contribution is -0.145. The van der Waals surface area contributed by atoms with Crippen LogP contribution in [-0.2, 0) is 22.3 Å². The van der Waals surface area contributed by atoms with E-state index in [4.69, 9.17) is 9.47 Å². The second-order valence-corrected chi connectivity index (χ2v) is 9.34. The highest BCUT2D eigenvalue weighted by atomic mass is 19.4. The standard InChI is InChI=1S/C26H30F3NO3/c1-16-7-10-23(26(27,28)29)20(11-16)13-30-14-22(15-30)33-21-6-4-5-19(12-21)24(18-8-9-18)17(2)25(31)32-3/h4-7,10-12,17-18,22,24H,8-9,13-15H2,1-3H3/t17-,24-/m0/s1. The Morgan fingerprint density at radius 1 is 1.15 bits per heavy atom. The lowest BCUT2D eigenvalue weighted by Crippen LogP contribution is -2.53. The summed E-state index contributed by atoms with van der Waals surface area (Å²) < 4.78 is 51.1. The zero-order chi connectivity index (χ0) is 23.8. The number of halogens is 3. The fraction of sp³-hybridized carbons (Fsp3) is 0.500. The number of nitrogens with zero attached hydrogens (tertiary/aromatic N) is 1. The maximum Gasteiger partial charge on any atom is 0.416 e. The van der Waals surface area contributed by atoms with Crippen LogP contribution in [0.15, 0.2) is 42.5 Å². The molecule has 2 aliphatic rings. The first kappa shape index (κ1) is 23.6. The maximum absolute atomic E-state index is 13.3. The third-order valence-corrected chi connectivity index (χ3v) is 6.67. The maximum atomic E-state index is 13.3. The van der Waals surface area contributed by atoms with Crippen LogP contribution in [0.25, 0.3) is 0 Å². The van der Waals surface area contributed by atoms with Crippen LogP contribution in [-0.4, -0.2) is 37.2 Å². The molecule has 1 aliphatic heterocycles. The molecular weight excluding hydrogens is 431 g/mol. The van der Waals surface area contributed by atoms with E-state index >= 15 is 0 Å². The van der Waals surface area contributed by atoms with Gasteiger partial charge in [-0.1, -0.05) is 36.8 Å². The fourth-order valence-electron chi connectivity index (χ4n) is 4.84. The van der Waals surface area contributed by atoms with E-state index in [-0.39, 0.29) is 30.5 Å². The molecule has 0 aromatic heterocycles. The van der Waals surface area contributed by atoms with Gasteiger partial charge in [0.15, 0.2) is 0 Å². The van der Waals surface area contributed by atoms with Gasteiger partial charge in [0.1, 0.15) is 11.9 Å². The Morgan fingerprint density at radius 2 is 1.88 bits per heavy atom. The Bertz CT molecular complexity index is 997. The third kappa shape index (κ3) is 5.52. The zero-order valence-corrected chi connectivity index (χ0v) is 19.2. The molecule has 2 aromatic carbocycles. The number of alkyl halides is 3. The van der Waals surface area contributed by atoms with Crippen LogP contribution in [0.4, 0.5) is 13.2 Å². The molecule has 7 heteroatoms. The summed E-state index contributed by atoms with van der Waals surface area (Å²) in [4.78, 5) is 14.1. The molecule has 33 heavy (non-hydrogen) atoms. The van der Waals surface area contributed by atoms with E-state index in [0.717, 1.165) is 35.8 Å². The number of hydrogen-bond acceptors (Lipinski definition) is 4. The normalized spacial score (nSPS) is 19.0. The van der Waals surface area contributed by atoms with Gasteiger partial charge in [-0.3, -0.25) is 9.69 Å².